The summed E-state index contributed by atoms with van der Waals surface area (Å²) in [7, 11) is 4.66. The van der Waals surface area contributed by atoms with E-state index in [4.69, 9.17) is 26.4 Å². The number of ether oxygens (including phenoxy) is 3. The molecule has 1 fully saturated rings. The third-order valence-corrected chi connectivity index (χ3v) is 7.37. The van der Waals surface area contributed by atoms with E-state index in [9.17, 15) is 4.79 Å². The summed E-state index contributed by atoms with van der Waals surface area (Å²) in [6, 6.07) is 20.6. The minimum Gasteiger partial charge on any atom is -0.497 e. The highest BCUT2D eigenvalue weighted by molar-refractivity contribution is 7.80. The number of hydrogen-bond donors (Lipinski definition) is 1. The largest absolute Gasteiger partial charge is 0.497 e. The lowest BCUT2D eigenvalue weighted by molar-refractivity contribution is 0.0600. The van der Waals surface area contributed by atoms with E-state index in [1.807, 2.05) is 61.5 Å². The standard InChI is InChI=1S/C30H30N4O4S/c1-18-15-23(19(2)33(18)21-10-8-9-20(16-21)29(35)38-5)28-27(24-11-6-7-14-31-24)32-30(39)34(28)25-17-22(36-3)12-13-26(25)37-4/h6-17,27-28H,1-5H3,(H,32,39)/t27-,28+/m0/s1. The molecule has 0 saturated carbocycles. The Morgan fingerprint density at radius 3 is 2.49 bits per heavy atom. The number of benzene rings is 2. The molecule has 0 bridgehead atoms. The molecular weight excluding hydrogens is 512 g/mol. The number of pyridine rings is 1. The molecule has 1 aliphatic heterocycles. The second-order valence-corrected chi connectivity index (χ2v) is 9.62. The number of nitrogens with zero attached hydrogens (tertiary/aromatic N) is 3. The summed E-state index contributed by atoms with van der Waals surface area (Å²) in [5.74, 6) is 0.987. The summed E-state index contributed by atoms with van der Waals surface area (Å²) in [5, 5.41) is 4.07. The second-order valence-electron chi connectivity index (χ2n) is 9.24. The minimum atomic E-state index is -0.378. The molecule has 2 atom stereocenters. The molecule has 200 valence electrons. The van der Waals surface area contributed by atoms with Gasteiger partial charge in [-0.2, -0.15) is 0 Å². The van der Waals surface area contributed by atoms with Crippen LogP contribution in [-0.4, -0.2) is 42.0 Å². The minimum absolute atomic E-state index is 0.232. The molecular formula is C30H30N4O4S. The molecule has 9 heteroatoms. The molecule has 1 aliphatic rings. The number of aryl methyl sites for hydroxylation is 1. The maximum Gasteiger partial charge on any atom is 0.337 e. The van der Waals surface area contributed by atoms with Crippen molar-refractivity contribution in [3.05, 3.63) is 101 Å². The molecule has 3 heterocycles. The number of thiocarbonyl (C=S) groups is 1. The number of aromatic nitrogens is 2. The Labute approximate surface area is 233 Å². The zero-order chi connectivity index (χ0) is 27.7. The number of esters is 1. The van der Waals surface area contributed by atoms with Gasteiger partial charge in [0.1, 0.15) is 11.5 Å². The number of methoxy groups -OCH3 is 3. The van der Waals surface area contributed by atoms with Crippen molar-refractivity contribution in [2.24, 2.45) is 0 Å². The fourth-order valence-electron chi connectivity index (χ4n) is 5.29. The molecule has 1 N–H and O–H groups in total. The highest BCUT2D eigenvalue weighted by atomic mass is 32.1. The molecule has 5 rings (SSSR count). The van der Waals surface area contributed by atoms with E-state index < -0.39 is 0 Å². The van der Waals surface area contributed by atoms with Crippen molar-refractivity contribution < 1.29 is 19.0 Å². The third-order valence-electron chi connectivity index (χ3n) is 7.06. The quantitative estimate of drug-likeness (QED) is 0.243. The summed E-state index contributed by atoms with van der Waals surface area (Å²) in [5.41, 5.74) is 6.10. The first-order valence-corrected chi connectivity index (χ1v) is 12.9. The van der Waals surface area contributed by atoms with Crippen LogP contribution in [0.5, 0.6) is 11.5 Å². The van der Waals surface area contributed by atoms with Crippen LogP contribution >= 0.6 is 12.2 Å². The van der Waals surface area contributed by atoms with Crippen molar-refractivity contribution in [1.29, 1.82) is 0 Å². The number of anilines is 1. The summed E-state index contributed by atoms with van der Waals surface area (Å²) < 4.78 is 18.4. The smallest absolute Gasteiger partial charge is 0.337 e. The number of nitrogens with one attached hydrogen (secondary N) is 1. The van der Waals surface area contributed by atoms with Crippen molar-refractivity contribution in [3.8, 4) is 17.2 Å². The van der Waals surface area contributed by atoms with Gasteiger partial charge in [-0.1, -0.05) is 12.1 Å². The van der Waals surface area contributed by atoms with Crippen LogP contribution in [0.25, 0.3) is 5.69 Å². The molecule has 1 saturated heterocycles. The Balaban J connectivity index is 1.70. The van der Waals surface area contributed by atoms with Crippen molar-refractivity contribution in [2.75, 3.05) is 26.2 Å². The predicted octanol–water partition coefficient (Wildman–Crippen LogP) is 5.47. The van der Waals surface area contributed by atoms with Crippen LogP contribution in [-0.2, 0) is 4.74 Å². The number of rotatable bonds is 7. The zero-order valence-electron chi connectivity index (χ0n) is 22.5. The zero-order valence-corrected chi connectivity index (χ0v) is 23.3. The maximum atomic E-state index is 12.2. The van der Waals surface area contributed by atoms with E-state index >= 15 is 0 Å². The van der Waals surface area contributed by atoms with Gasteiger partial charge in [0.15, 0.2) is 5.11 Å². The molecule has 2 aromatic carbocycles. The van der Waals surface area contributed by atoms with Crippen LogP contribution in [0.2, 0.25) is 0 Å². The normalized spacial score (nSPS) is 16.6. The van der Waals surface area contributed by atoms with Gasteiger partial charge in [0.2, 0.25) is 0 Å². The number of hydrogen-bond acceptors (Lipinski definition) is 6. The lowest BCUT2D eigenvalue weighted by Crippen LogP contribution is -2.30. The summed E-state index contributed by atoms with van der Waals surface area (Å²) in [6.07, 6.45) is 1.79. The van der Waals surface area contributed by atoms with Crippen LogP contribution in [0.3, 0.4) is 0 Å². The Hall–Kier alpha value is -4.37. The Morgan fingerprint density at radius 1 is 0.974 bits per heavy atom. The van der Waals surface area contributed by atoms with E-state index in [1.54, 1.807) is 26.5 Å². The summed E-state index contributed by atoms with van der Waals surface area (Å²) >= 11 is 5.93. The highest BCUT2D eigenvalue weighted by Crippen LogP contribution is 2.47. The van der Waals surface area contributed by atoms with Gasteiger partial charge < -0.3 is 29.0 Å². The fourth-order valence-corrected chi connectivity index (χ4v) is 5.63. The van der Waals surface area contributed by atoms with Crippen LogP contribution in [0.1, 0.15) is 45.1 Å². The van der Waals surface area contributed by atoms with Crippen molar-refractivity contribution in [2.45, 2.75) is 25.9 Å². The monoisotopic (exact) mass is 542 g/mol. The molecule has 0 amide bonds. The Morgan fingerprint density at radius 2 is 1.79 bits per heavy atom. The van der Waals surface area contributed by atoms with Gasteiger partial charge in [-0.25, -0.2) is 4.79 Å². The van der Waals surface area contributed by atoms with Crippen LogP contribution < -0.4 is 19.7 Å². The van der Waals surface area contributed by atoms with Crippen LogP contribution in [0.15, 0.2) is 72.9 Å². The molecule has 8 nitrogen and oxygen atoms in total. The van der Waals surface area contributed by atoms with Crippen molar-refractivity contribution >= 4 is 29.0 Å². The topological polar surface area (TPSA) is 77.9 Å². The van der Waals surface area contributed by atoms with Crippen LogP contribution in [0, 0.1) is 13.8 Å². The van der Waals surface area contributed by atoms with E-state index in [-0.39, 0.29) is 18.1 Å². The van der Waals surface area contributed by atoms with Gasteiger partial charge in [0.25, 0.3) is 0 Å². The first kappa shape index (κ1) is 26.2. The maximum absolute atomic E-state index is 12.2. The summed E-state index contributed by atoms with van der Waals surface area (Å²) in [4.78, 5) is 19.0. The van der Waals surface area contributed by atoms with Crippen molar-refractivity contribution in [3.63, 3.8) is 0 Å². The summed E-state index contributed by atoms with van der Waals surface area (Å²) in [6.45, 7) is 4.12. The molecule has 39 heavy (non-hydrogen) atoms. The first-order valence-electron chi connectivity index (χ1n) is 12.5. The molecule has 0 unspecified atom stereocenters. The predicted molar refractivity (Wildman–Crippen MR) is 154 cm³/mol. The van der Waals surface area contributed by atoms with Crippen LogP contribution in [0.4, 0.5) is 5.69 Å². The van der Waals surface area contributed by atoms with E-state index in [2.05, 4.69) is 32.8 Å². The van der Waals surface area contributed by atoms with Crippen molar-refractivity contribution in [1.82, 2.24) is 14.9 Å². The van der Waals surface area contributed by atoms with Gasteiger partial charge in [-0.3, -0.25) is 4.98 Å². The van der Waals surface area contributed by atoms with E-state index in [0.29, 0.717) is 22.2 Å². The molecule has 0 radical (unpaired) electrons. The molecule has 0 aliphatic carbocycles. The first-order chi connectivity index (χ1) is 18.9. The van der Waals surface area contributed by atoms with Gasteiger partial charge >= 0.3 is 5.97 Å². The highest BCUT2D eigenvalue weighted by Gasteiger charge is 2.43. The third kappa shape index (κ3) is 4.70. The lowest BCUT2D eigenvalue weighted by atomic mass is 9.96. The number of carbonyl (C=O) groups excluding carboxylic acids is 1. The fraction of sp³-hybridized carbons (Fsp3) is 0.233. The van der Waals surface area contributed by atoms with E-state index in [0.717, 1.165) is 34.0 Å². The van der Waals surface area contributed by atoms with Gasteiger partial charge in [-0.05, 0) is 80.2 Å². The second kappa shape index (κ2) is 10.8. The average Bonchev–Trinajstić information content (AvgIpc) is 3.47. The molecule has 4 aromatic rings. The SMILES string of the molecule is COC(=O)c1cccc(-n2c(C)cc([C@@H]3[C@H](c4ccccn4)NC(=S)N3c3cc(OC)ccc3OC)c2C)c1. The lowest BCUT2D eigenvalue weighted by Gasteiger charge is -2.29. The van der Waals surface area contributed by atoms with E-state index in [1.165, 1.54) is 7.11 Å². The number of carbonyl (C=O) groups is 1. The van der Waals surface area contributed by atoms with Gasteiger partial charge in [-0.15, -0.1) is 0 Å². The van der Waals surface area contributed by atoms with Gasteiger partial charge in [0, 0.05) is 29.3 Å². The Bertz CT molecular complexity index is 1540. The van der Waals surface area contributed by atoms with Gasteiger partial charge in [0.05, 0.1) is 50.4 Å². The molecule has 0 spiro atoms. The average molecular weight is 543 g/mol. The molecule has 2 aromatic heterocycles. The Kier molecular flexibility index (Phi) is 7.26.